The van der Waals surface area contributed by atoms with E-state index in [4.69, 9.17) is 16.3 Å². The molecule has 0 aliphatic heterocycles. The van der Waals surface area contributed by atoms with Crippen LogP contribution in [0.5, 0.6) is 0 Å². The fourth-order valence-electron chi connectivity index (χ4n) is 1.73. The third-order valence-corrected chi connectivity index (χ3v) is 4.50. The third-order valence-electron chi connectivity index (χ3n) is 2.55. The standard InChI is InChI=1S/C13H14BrClN2OS/c1-9(14)8-19-13-16-11-7-10(15)3-4-12(11)17(13)5-6-18-2/h3-4,7H,1,5-6,8H2,2H3. The van der Waals surface area contributed by atoms with E-state index >= 15 is 0 Å². The van der Waals surface area contributed by atoms with Crippen molar-refractivity contribution in [2.24, 2.45) is 0 Å². The lowest BCUT2D eigenvalue weighted by molar-refractivity contribution is 0.186. The van der Waals surface area contributed by atoms with Gasteiger partial charge in [0.2, 0.25) is 0 Å². The zero-order valence-electron chi connectivity index (χ0n) is 10.5. The van der Waals surface area contributed by atoms with Gasteiger partial charge in [-0.1, -0.05) is 45.9 Å². The maximum atomic E-state index is 6.01. The predicted octanol–water partition coefficient (Wildman–Crippen LogP) is 4.34. The number of nitrogens with zero attached hydrogens (tertiary/aromatic N) is 2. The molecule has 2 aromatic rings. The van der Waals surface area contributed by atoms with Gasteiger partial charge in [0, 0.05) is 24.4 Å². The SMILES string of the molecule is C=C(Br)CSc1nc2cc(Cl)ccc2n1CCOC. The highest BCUT2D eigenvalue weighted by Crippen LogP contribution is 2.27. The second kappa shape index (κ2) is 6.79. The molecule has 0 N–H and O–H groups in total. The summed E-state index contributed by atoms with van der Waals surface area (Å²) >= 11 is 11.0. The van der Waals surface area contributed by atoms with E-state index in [1.54, 1.807) is 18.9 Å². The van der Waals surface area contributed by atoms with Gasteiger partial charge in [-0.3, -0.25) is 0 Å². The molecular weight excluding hydrogens is 348 g/mol. The van der Waals surface area contributed by atoms with Gasteiger partial charge >= 0.3 is 0 Å². The van der Waals surface area contributed by atoms with Crippen molar-refractivity contribution in [3.05, 3.63) is 34.3 Å². The fourth-order valence-corrected chi connectivity index (χ4v) is 3.04. The van der Waals surface area contributed by atoms with Crippen LogP contribution < -0.4 is 0 Å². The van der Waals surface area contributed by atoms with Gasteiger partial charge in [0.1, 0.15) is 0 Å². The summed E-state index contributed by atoms with van der Waals surface area (Å²) in [5.41, 5.74) is 1.98. The molecule has 3 nitrogen and oxygen atoms in total. The van der Waals surface area contributed by atoms with Crippen LogP contribution in [0.15, 0.2) is 34.4 Å². The molecular formula is C13H14BrClN2OS. The van der Waals surface area contributed by atoms with E-state index in [-0.39, 0.29) is 0 Å². The zero-order valence-corrected chi connectivity index (χ0v) is 13.7. The van der Waals surface area contributed by atoms with Crippen molar-refractivity contribution >= 4 is 50.3 Å². The summed E-state index contributed by atoms with van der Waals surface area (Å²) < 4.78 is 8.25. The van der Waals surface area contributed by atoms with E-state index in [1.807, 2.05) is 18.2 Å². The number of hydrogen-bond donors (Lipinski definition) is 0. The largest absolute Gasteiger partial charge is 0.383 e. The van der Waals surface area contributed by atoms with Crippen molar-refractivity contribution in [1.82, 2.24) is 9.55 Å². The molecule has 0 radical (unpaired) electrons. The normalized spacial score (nSPS) is 11.1. The summed E-state index contributed by atoms with van der Waals surface area (Å²) in [4.78, 5) is 4.62. The Balaban J connectivity index is 2.38. The number of aromatic nitrogens is 2. The molecule has 0 bridgehead atoms. The lowest BCUT2D eigenvalue weighted by Gasteiger charge is -2.07. The maximum Gasteiger partial charge on any atom is 0.169 e. The zero-order chi connectivity index (χ0) is 13.8. The first-order chi connectivity index (χ1) is 9.11. The highest BCUT2D eigenvalue weighted by atomic mass is 79.9. The van der Waals surface area contributed by atoms with Crippen LogP contribution in [0.4, 0.5) is 0 Å². The van der Waals surface area contributed by atoms with E-state index in [2.05, 4.69) is 32.1 Å². The molecule has 0 aliphatic rings. The van der Waals surface area contributed by atoms with Crippen LogP contribution in [0.25, 0.3) is 11.0 Å². The number of benzene rings is 1. The van der Waals surface area contributed by atoms with Gasteiger partial charge in [-0.05, 0) is 22.7 Å². The molecule has 0 amide bonds. The minimum atomic E-state index is 0.650. The van der Waals surface area contributed by atoms with Gasteiger partial charge in [0.25, 0.3) is 0 Å². The van der Waals surface area contributed by atoms with E-state index in [0.29, 0.717) is 11.6 Å². The Morgan fingerprint density at radius 1 is 1.58 bits per heavy atom. The van der Waals surface area contributed by atoms with Gasteiger partial charge in [-0.25, -0.2) is 4.98 Å². The Kier molecular flexibility index (Phi) is 5.33. The first-order valence-corrected chi connectivity index (χ1v) is 7.88. The van der Waals surface area contributed by atoms with Crippen LogP contribution in [-0.4, -0.2) is 29.0 Å². The molecule has 0 unspecified atom stereocenters. The lowest BCUT2D eigenvalue weighted by Crippen LogP contribution is -2.05. The highest BCUT2D eigenvalue weighted by Gasteiger charge is 2.11. The molecule has 0 saturated carbocycles. The molecule has 102 valence electrons. The molecule has 0 atom stereocenters. The fraction of sp³-hybridized carbons (Fsp3) is 0.308. The Labute approximate surface area is 130 Å². The van der Waals surface area contributed by atoms with Crippen molar-refractivity contribution in [2.45, 2.75) is 11.7 Å². The highest BCUT2D eigenvalue weighted by molar-refractivity contribution is 9.11. The Morgan fingerprint density at radius 3 is 3.05 bits per heavy atom. The number of rotatable bonds is 6. The summed E-state index contributed by atoms with van der Waals surface area (Å²) in [6.07, 6.45) is 0. The van der Waals surface area contributed by atoms with Gasteiger partial charge < -0.3 is 9.30 Å². The van der Waals surface area contributed by atoms with Crippen LogP contribution in [0.2, 0.25) is 5.02 Å². The molecule has 2 rings (SSSR count). The Morgan fingerprint density at radius 2 is 2.37 bits per heavy atom. The average Bonchev–Trinajstić information content (AvgIpc) is 2.70. The lowest BCUT2D eigenvalue weighted by atomic mass is 10.3. The van der Waals surface area contributed by atoms with Crippen molar-refractivity contribution in [2.75, 3.05) is 19.5 Å². The summed E-state index contributed by atoms with van der Waals surface area (Å²) in [6.45, 7) is 5.26. The minimum absolute atomic E-state index is 0.650. The quantitative estimate of drug-likeness (QED) is 0.716. The number of imidazole rings is 1. The minimum Gasteiger partial charge on any atom is -0.383 e. The maximum absolute atomic E-state index is 6.01. The van der Waals surface area contributed by atoms with Gasteiger partial charge in [0.15, 0.2) is 5.16 Å². The molecule has 0 fully saturated rings. The number of thioether (sulfide) groups is 1. The number of halogens is 2. The van der Waals surface area contributed by atoms with Gasteiger partial charge in [-0.2, -0.15) is 0 Å². The number of hydrogen-bond acceptors (Lipinski definition) is 3. The summed E-state index contributed by atoms with van der Waals surface area (Å²) in [5, 5.41) is 1.65. The molecule has 6 heteroatoms. The van der Waals surface area contributed by atoms with E-state index in [1.165, 1.54) is 0 Å². The Bertz CT molecular complexity index is 600. The van der Waals surface area contributed by atoms with Crippen LogP contribution in [0, 0.1) is 0 Å². The molecule has 1 heterocycles. The van der Waals surface area contributed by atoms with Crippen molar-refractivity contribution in [3.8, 4) is 0 Å². The molecule has 0 aliphatic carbocycles. The average molecular weight is 362 g/mol. The predicted molar refractivity (Wildman–Crippen MR) is 85.4 cm³/mol. The third kappa shape index (κ3) is 3.75. The second-order valence-corrected chi connectivity index (χ2v) is 6.48. The van der Waals surface area contributed by atoms with E-state index in [0.717, 1.165) is 33.0 Å². The molecule has 1 aromatic carbocycles. The second-order valence-electron chi connectivity index (χ2n) is 3.98. The summed E-state index contributed by atoms with van der Waals surface area (Å²) in [5.74, 6) is 0.782. The number of fused-ring (bicyclic) bond motifs is 1. The topological polar surface area (TPSA) is 27.1 Å². The molecule has 0 spiro atoms. The first kappa shape index (κ1) is 14.9. The van der Waals surface area contributed by atoms with E-state index < -0.39 is 0 Å². The summed E-state index contributed by atoms with van der Waals surface area (Å²) in [7, 11) is 1.70. The monoisotopic (exact) mass is 360 g/mol. The van der Waals surface area contributed by atoms with Crippen LogP contribution >= 0.6 is 39.3 Å². The van der Waals surface area contributed by atoms with Crippen LogP contribution in [-0.2, 0) is 11.3 Å². The Hall–Kier alpha value is -0.490. The van der Waals surface area contributed by atoms with E-state index in [9.17, 15) is 0 Å². The van der Waals surface area contributed by atoms with Gasteiger partial charge in [0.05, 0.1) is 17.6 Å². The molecule has 19 heavy (non-hydrogen) atoms. The number of methoxy groups -OCH3 is 1. The first-order valence-electron chi connectivity index (χ1n) is 5.72. The molecule has 0 saturated heterocycles. The molecule has 1 aromatic heterocycles. The van der Waals surface area contributed by atoms with Gasteiger partial charge in [-0.15, -0.1) is 0 Å². The number of ether oxygens (including phenoxy) is 1. The van der Waals surface area contributed by atoms with Crippen LogP contribution in [0.3, 0.4) is 0 Å². The van der Waals surface area contributed by atoms with Crippen LogP contribution in [0.1, 0.15) is 0 Å². The smallest absolute Gasteiger partial charge is 0.169 e. The van der Waals surface area contributed by atoms with Crippen molar-refractivity contribution < 1.29 is 4.74 Å². The van der Waals surface area contributed by atoms with Crippen molar-refractivity contribution in [1.29, 1.82) is 0 Å². The summed E-state index contributed by atoms with van der Waals surface area (Å²) in [6, 6.07) is 5.76. The van der Waals surface area contributed by atoms with Crippen molar-refractivity contribution in [3.63, 3.8) is 0 Å².